The van der Waals surface area contributed by atoms with Gasteiger partial charge >= 0.3 is 0 Å². The lowest BCUT2D eigenvalue weighted by Gasteiger charge is -2.31. The van der Waals surface area contributed by atoms with Gasteiger partial charge in [0.1, 0.15) is 0 Å². The smallest absolute Gasteiger partial charge is 0.251 e. The summed E-state index contributed by atoms with van der Waals surface area (Å²) < 4.78 is 0.440. The lowest BCUT2D eigenvalue weighted by Crippen LogP contribution is -2.36. The van der Waals surface area contributed by atoms with Crippen molar-refractivity contribution in [3.63, 3.8) is 0 Å². The van der Waals surface area contributed by atoms with E-state index in [0.717, 1.165) is 18.4 Å². The van der Waals surface area contributed by atoms with Gasteiger partial charge in [-0.05, 0) is 36.1 Å². The van der Waals surface area contributed by atoms with Gasteiger partial charge in [0.25, 0.3) is 5.91 Å². The summed E-state index contributed by atoms with van der Waals surface area (Å²) in [4.78, 5) is 12.4. The third kappa shape index (κ3) is 2.73. The number of alkyl halides is 1. The van der Waals surface area contributed by atoms with Crippen LogP contribution in [0.1, 0.15) is 33.9 Å². The van der Waals surface area contributed by atoms with E-state index in [1.165, 1.54) is 11.1 Å². The number of carbonyl (C=O) groups excluding carboxylic acids is 1. The maximum atomic E-state index is 12.4. The molecule has 2 nitrogen and oxygen atoms in total. The molecule has 3 rings (SSSR count). The van der Waals surface area contributed by atoms with Gasteiger partial charge in [0.15, 0.2) is 0 Å². The number of fused-ring (bicyclic) bond motifs is 1. The molecule has 102 valence electrons. The molecule has 0 aliphatic heterocycles. The Kier molecular flexibility index (Phi) is 4.05. The van der Waals surface area contributed by atoms with Gasteiger partial charge in [0.2, 0.25) is 0 Å². The van der Waals surface area contributed by atoms with Crippen molar-refractivity contribution in [1.82, 2.24) is 5.32 Å². The van der Waals surface area contributed by atoms with Gasteiger partial charge in [-0.1, -0.05) is 65.1 Å². The molecule has 0 saturated carbocycles. The molecule has 0 radical (unpaired) electrons. The molecule has 0 heterocycles. The Labute approximate surface area is 132 Å². The highest BCUT2D eigenvalue weighted by Crippen LogP contribution is 2.34. The van der Waals surface area contributed by atoms with Crippen molar-refractivity contribution in [2.45, 2.75) is 22.8 Å². The Hall–Kier alpha value is -1.36. The molecule has 1 aliphatic carbocycles. The topological polar surface area (TPSA) is 29.1 Å². The van der Waals surface area contributed by atoms with Gasteiger partial charge in [-0.3, -0.25) is 4.79 Å². The molecule has 0 bridgehead atoms. The van der Waals surface area contributed by atoms with E-state index in [4.69, 9.17) is 0 Å². The molecule has 0 spiro atoms. The number of hydrogen-bond donors (Lipinski definition) is 1. The number of nitrogens with one attached hydrogen (secondary N) is 1. The van der Waals surface area contributed by atoms with Crippen molar-refractivity contribution in [2.75, 3.05) is 0 Å². The molecule has 20 heavy (non-hydrogen) atoms. The molecule has 2 aromatic rings. The third-order valence-corrected chi connectivity index (χ3v) is 5.11. The molecule has 3 heteroatoms. The average Bonchev–Trinajstić information content (AvgIpc) is 2.51. The molecule has 1 amide bonds. The maximum absolute atomic E-state index is 12.4. The zero-order valence-electron chi connectivity index (χ0n) is 11.1. The first-order valence-corrected chi connectivity index (χ1v) is 8.08. The Balaban J connectivity index is 1.85. The van der Waals surface area contributed by atoms with Gasteiger partial charge in [0.05, 0.1) is 6.04 Å². The van der Waals surface area contributed by atoms with Crippen LogP contribution in [0.2, 0.25) is 0 Å². The monoisotopic (exact) mass is 377 g/mol. The molecule has 2 aromatic carbocycles. The van der Waals surface area contributed by atoms with E-state index in [9.17, 15) is 4.79 Å². The summed E-state index contributed by atoms with van der Waals surface area (Å²) in [5, 5.41) is 3.19. The fraction of sp³-hybridized carbons (Fsp3) is 0.235. The van der Waals surface area contributed by atoms with Crippen LogP contribution in [0.5, 0.6) is 0 Å². The third-order valence-electron chi connectivity index (χ3n) is 3.76. The van der Waals surface area contributed by atoms with Crippen molar-refractivity contribution in [3.05, 3.63) is 71.3 Å². The summed E-state index contributed by atoms with van der Waals surface area (Å²) in [6.45, 7) is 0. The minimum atomic E-state index is 0.00830. The molecular weight excluding hydrogens is 361 g/mol. The first-order chi connectivity index (χ1) is 9.75. The Morgan fingerprint density at radius 1 is 1.05 bits per heavy atom. The predicted molar refractivity (Wildman–Crippen MR) is 89.2 cm³/mol. The van der Waals surface area contributed by atoms with Crippen LogP contribution in [0.15, 0.2) is 54.6 Å². The Bertz CT molecular complexity index is 611. The van der Waals surface area contributed by atoms with E-state index in [1.807, 2.05) is 30.3 Å². The minimum absolute atomic E-state index is 0.00830. The highest BCUT2D eigenvalue weighted by Gasteiger charge is 2.28. The fourth-order valence-electron chi connectivity index (χ4n) is 2.70. The Morgan fingerprint density at radius 3 is 2.55 bits per heavy atom. The number of amides is 1. The number of rotatable bonds is 2. The van der Waals surface area contributed by atoms with Crippen molar-refractivity contribution >= 4 is 28.5 Å². The lowest BCUT2D eigenvalue weighted by molar-refractivity contribution is 0.0935. The second-order valence-electron chi connectivity index (χ2n) is 5.07. The molecule has 1 aliphatic rings. The summed E-state index contributed by atoms with van der Waals surface area (Å²) >= 11 is 2.45. The van der Waals surface area contributed by atoms with Crippen LogP contribution in [0.3, 0.4) is 0 Å². The van der Waals surface area contributed by atoms with E-state index in [2.05, 4.69) is 52.2 Å². The number of hydrogen-bond acceptors (Lipinski definition) is 1. The summed E-state index contributed by atoms with van der Waals surface area (Å²) in [5.74, 6) is 0.00830. The van der Waals surface area contributed by atoms with Crippen LogP contribution in [0.4, 0.5) is 0 Å². The van der Waals surface area contributed by atoms with Gasteiger partial charge in [-0.2, -0.15) is 0 Å². The normalized spacial score (nSPS) is 21.1. The van der Waals surface area contributed by atoms with E-state index in [0.29, 0.717) is 3.92 Å². The number of halogens is 1. The summed E-state index contributed by atoms with van der Waals surface area (Å²) in [5.41, 5.74) is 3.35. The molecule has 0 saturated heterocycles. The quantitative estimate of drug-likeness (QED) is 0.624. The van der Waals surface area contributed by atoms with E-state index in [-0.39, 0.29) is 11.9 Å². The van der Waals surface area contributed by atoms with Crippen LogP contribution in [-0.4, -0.2) is 9.83 Å². The lowest BCUT2D eigenvalue weighted by atomic mass is 9.87. The summed E-state index contributed by atoms with van der Waals surface area (Å²) in [6, 6.07) is 17.9. The SMILES string of the molecule is O=C(N[C@@H]1c2ccccc2CC[C@@H]1I)c1ccccc1. The average molecular weight is 377 g/mol. The molecule has 2 atom stereocenters. The van der Waals surface area contributed by atoms with Crippen LogP contribution in [0.25, 0.3) is 0 Å². The van der Waals surface area contributed by atoms with E-state index in [1.54, 1.807) is 0 Å². The van der Waals surface area contributed by atoms with Crippen molar-refractivity contribution in [1.29, 1.82) is 0 Å². The molecular formula is C17H16INO. The maximum Gasteiger partial charge on any atom is 0.251 e. The second kappa shape index (κ2) is 5.95. The highest BCUT2D eigenvalue weighted by atomic mass is 127. The molecule has 0 unspecified atom stereocenters. The molecule has 0 aromatic heterocycles. The standard InChI is InChI=1S/C17H16INO/c18-15-11-10-12-6-4-5-9-14(12)16(15)19-17(20)13-7-2-1-3-8-13/h1-9,15-16H,10-11H2,(H,19,20)/t15-,16+/m0/s1. The first kappa shape index (κ1) is 13.6. The van der Waals surface area contributed by atoms with Crippen LogP contribution in [0, 0.1) is 0 Å². The fourth-order valence-corrected chi connectivity index (χ4v) is 3.58. The number of aryl methyl sites for hydroxylation is 1. The van der Waals surface area contributed by atoms with Gasteiger partial charge in [-0.15, -0.1) is 0 Å². The Morgan fingerprint density at radius 2 is 1.75 bits per heavy atom. The van der Waals surface area contributed by atoms with Gasteiger partial charge in [0, 0.05) is 9.49 Å². The van der Waals surface area contributed by atoms with Crippen LogP contribution >= 0.6 is 22.6 Å². The van der Waals surface area contributed by atoms with Crippen molar-refractivity contribution in [3.8, 4) is 0 Å². The highest BCUT2D eigenvalue weighted by molar-refractivity contribution is 14.1. The van der Waals surface area contributed by atoms with Crippen LogP contribution < -0.4 is 5.32 Å². The molecule has 0 fully saturated rings. The zero-order valence-corrected chi connectivity index (χ0v) is 13.2. The first-order valence-electron chi connectivity index (χ1n) is 6.83. The van der Waals surface area contributed by atoms with Crippen LogP contribution in [-0.2, 0) is 6.42 Å². The molecule has 1 N–H and O–H groups in total. The summed E-state index contributed by atoms with van der Waals surface area (Å²) in [7, 11) is 0. The van der Waals surface area contributed by atoms with Gasteiger partial charge in [-0.25, -0.2) is 0 Å². The van der Waals surface area contributed by atoms with Crippen molar-refractivity contribution < 1.29 is 4.79 Å². The number of carbonyl (C=O) groups is 1. The second-order valence-corrected chi connectivity index (χ2v) is 6.67. The van der Waals surface area contributed by atoms with E-state index < -0.39 is 0 Å². The summed E-state index contributed by atoms with van der Waals surface area (Å²) in [6.07, 6.45) is 2.21. The van der Waals surface area contributed by atoms with Gasteiger partial charge < -0.3 is 5.32 Å². The largest absolute Gasteiger partial charge is 0.344 e. The zero-order chi connectivity index (χ0) is 13.9. The van der Waals surface area contributed by atoms with E-state index >= 15 is 0 Å². The minimum Gasteiger partial charge on any atom is -0.344 e. The van der Waals surface area contributed by atoms with Crippen molar-refractivity contribution in [2.24, 2.45) is 0 Å². The predicted octanol–water partition coefficient (Wildman–Crippen LogP) is 3.91. The number of benzene rings is 2.